The van der Waals surface area contributed by atoms with E-state index in [1.54, 1.807) is 12.1 Å². The first kappa shape index (κ1) is 11.7. The summed E-state index contributed by atoms with van der Waals surface area (Å²) in [5.74, 6) is 0. The molecule has 0 aliphatic rings. The average molecular weight is 227 g/mol. The predicted octanol–water partition coefficient (Wildman–Crippen LogP) is 1.13. The zero-order chi connectivity index (χ0) is 12.3. The van der Waals surface area contributed by atoms with E-state index < -0.39 is 7.12 Å². The van der Waals surface area contributed by atoms with E-state index >= 15 is 0 Å². The minimum absolute atomic E-state index is 0.491. The fourth-order valence-corrected chi connectivity index (χ4v) is 1.69. The summed E-state index contributed by atoms with van der Waals surface area (Å²) in [6.07, 6.45) is 0. The van der Waals surface area contributed by atoms with Crippen molar-refractivity contribution in [2.75, 3.05) is 11.9 Å². The summed E-state index contributed by atoms with van der Waals surface area (Å²) in [6.45, 7) is 0. The molecule has 0 heterocycles. The first-order chi connectivity index (χ1) is 8.18. The lowest BCUT2D eigenvalue weighted by Crippen LogP contribution is -2.30. The highest BCUT2D eigenvalue weighted by Gasteiger charge is 2.12. The molecule has 0 bridgehead atoms. The lowest BCUT2D eigenvalue weighted by atomic mass is 9.80. The number of hydrogen-bond acceptors (Lipinski definition) is 3. The van der Waals surface area contributed by atoms with Crippen LogP contribution in [-0.4, -0.2) is 24.2 Å². The number of hydrogen-bond donors (Lipinski definition) is 2. The van der Waals surface area contributed by atoms with Crippen molar-refractivity contribution in [3.05, 3.63) is 54.6 Å². The van der Waals surface area contributed by atoms with Crippen LogP contribution in [0.3, 0.4) is 0 Å². The van der Waals surface area contributed by atoms with Crippen LogP contribution < -0.4 is 10.4 Å². The molecule has 0 amide bonds. The molecule has 2 N–H and O–H groups in total. The Kier molecular flexibility index (Phi) is 3.47. The van der Waals surface area contributed by atoms with E-state index in [0.29, 0.717) is 5.46 Å². The number of rotatable bonds is 3. The van der Waals surface area contributed by atoms with Crippen molar-refractivity contribution >= 4 is 24.0 Å². The molecule has 0 aliphatic carbocycles. The largest absolute Gasteiger partial charge is 0.488 e. The molecule has 4 heteroatoms. The van der Waals surface area contributed by atoms with Gasteiger partial charge in [0.15, 0.2) is 0 Å². The quantitative estimate of drug-likeness (QED) is 0.772. The molecule has 0 atom stereocenters. The van der Waals surface area contributed by atoms with Crippen LogP contribution in [0.25, 0.3) is 0 Å². The van der Waals surface area contributed by atoms with E-state index in [9.17, 15) is 0 Å². The Hall–Kier alpha value is -1.78. The molecule has 3 nitrogen and oxygen atoms in total. The van der Waals surface area contributed by atoms with E-state index in [-0.39, 0.29) is 0 Å². The summed E-state index contributed by atoms with van der Waals surface area (Å²) in [5.41, 5.74) is 2.46. The molecule has 0 saturated heterocycles. The molecular weight excluding hydrogens is 213 g/mol. The molecule has 0 saturated carbocycles. The topological polar surface area (TPSA) is 43.7 Å². The van der Waals surface area contributed by atoms with E-state index in [1.807, 2.05) is 54.4 Å². The summed E-state index contributed by atoms with van der Waals surface area (Å²) in [6, 6.07) is 17.1. The van der Waals surface area contributed by atoms with Crippen LogP contribution in [0.1, 0.15) is 0 Å². The monoisotopic (exact) mass is 227 g/mol. The Labute approximate surface area is 101 Å². The normalized spacial score (nSPS) is 10.1. The highest BCUT2D eigenvalue weighted by Crippen LogP contribution is 2.21. The van der Waals surface area contributed by atoms with Crippen molar-refractivity contribution in [3.63, 3.8) is 0 Å². The minimum atomic E-state index is -1.43. The maximum absolute atomic E-state index is 9.14. The van der Waals surface area contributed by atoms with Crippen LogP contribution >= 0.6 is 0 Å². The van der Waals surface area contributed by atoms with Gasteiger partial charge in [0.05, 0.1) is 0 Å². The Morgan fingerprint density at radius 2 is 1.53 bits per heavy atom. The minimum Gasteiger partial charge on any atom is -0.423 e. The molecular formula is C13H14BNO2. The van der Waals surface area contributed by atoms with Crippen molar-refractivity contribution in [2.24, 2.45) is 0 Å². The Bertz CT molecular complexity index is 488. The molecule has 0 fully saturated rings. The Morgan fingerprint density at radius 3 is 2.18 bits per heavy atom. The number of para-hydroxylation sites is 1. The Balaban J connectivity index is 2.31. The predicted molar refractivity (Wildman–Crippen MR) is 70.8 cm³/mol. The van der Waals surface area contributed by atoms with E-state index in [4.69, 9.17) is 10.0 Å². The van der Waals surface area contributed by atoms with Gasteiger partial charge in [0.25, 0.3) is 0 Å². The third-order valence-electron chi connectivity index (χ3n) is 2.70. The van der Waals surface area contributed by atoms with E-state index in [2.05, 4.69) is 0 Å². The van der Waals surface area contributed by atoms with Gasteiger partial charge >= 0.3 is 7.12 Å². The number of anilines is 2. The van der Waals surface area contributed by atoms with Gasteiger partial charge in [-0.1, -0.05) is 30.3 Å². The van der Waals surface area contributed by atoms with Crippen molar-refractivity contribution in [3.8, 4) is 0 Å². The highest BCUT2D eigenvalue weighted by atomic mass is 16.4. The van der Waals surface area contributed by atoms with Gasteiger partial charge in [-0.15, -0.1) is 0 Å². The number of benzene rings is 2. The molecule has 86 valence electrons. The smallest absolute Gasteiger partial charge is 0.423 e. The summed E-state index contributed by atoms with van der Waals surface area (Å²) in [5, 5.41) is 18.3. The zero-order valence-electron chi connectivity index (χ0n) is 9.62. The average Bonchev–Trinajstić information content (AvgIpc) is 2.39. The van der Waals surface area contributed by atoms with Gasteiger partial charge in [-0.3, -0.25) is 0 Å². The molecule has 0 spiro atoms. The van der Waals surface area contributed by atoms with Crippen LogP contribution in [0.4, 0.5) is 11.4 Å². The molecule has 0 radical (unpaired) electrons. The molecule has 2 rings (SSSR count). The molecule has 0 unspecified atom stereocenters. The molecule has 17 heavy (non-hydrogen) atoms. The van der Waals surface area contributed by atoms with Gasteiger partial charge in [-0.05, 0) is 29.7 Å². The molecule has 0 aromatic heterocycles. The van der Waals surface area contributed by atoms with Crippen LogP contribution in [0, 0.1) is 0 Å². The van der Waals surface area contributed by atoms with Gasteiger partial charge in [-0.25, -0.2) is 0 Å². The fraction of sp³-hybridized carbons (Fsp3) is 0.0769. The van der Waals surface area contributed by atoms with Crippen LogP contribution in [0.5, 0.6) is 0 Å². The molecule has 2 aromatic rings. The van der Waals surface area contributed by atoms with Crippen molar-refractivity contribution in [2.45, 2.75) is 0 Å². The lowest BCUT2D eigenvalue weighted by molar-refractivity contribution is 0.426. The molecule has 2 aromatic carbocycles. The standard InChI is InChI=1S/C13H14BNO2/c1-15(12-7-3-2-4-8-12)13-9-5-6-11(10-13)14(16)17/h2-10,16-17H,1H3. The maximum Gasteiger partial charge on any atom is 0.488 e. The van der Waals surface area contributed by atoms with Gasteiger partial charge in [0.1, 0.15) is 0 Å². The van der Waals surface area contributed by atoms with Gasteiger partial charge < -0.3 is 14.9 Å². The van der Waals surface area contributed by atoms with Gasteiger partial charge in [-0.2, -0.15) is 0 Å². The first-order valence-corrected chi connectivity index (χ1v) is 5.43. The van der Waals surface area contributed by atoms with Crippen molar-refractivity contribution < 1.29 is 10.0 Å². The summed E-state index contributed by atoms with van der Waals surface area (Å²) in [7, 11) is 0.511. The fourth-order valence-electron chi connectivity index (χ4n) is 1.69. The second-order valence-electron chi connectivity index (χ2n) is 3.86. The van der Waals surface area contributed by atoms with E-state index in [1.165, 1.54) is 0 Å². The number of nitrogens with zero attached hydrogens (tertiary/aromatic N) is 1. The highest BCUT2D eigenvalue weighted by molar-refractivity contribution is 6.58. The summed E-state index contributed by atoms with van der Waals surface area (Å²) in [4.78, 5) is 1.99. The summed E-state index contributed by atoms with van der Waals surface area (Å²) < 4.78 is 0. The first-order valence-electron chi connectivity index (χ1n) is 5.43. The third kappa shape index (κ3) is 2.67. The van der Waals surface area contributed by atoms with Crippen LogP contribution in [0.15, 0.2) is 54.6 Å². The molecule has 0 aliphatic heterocycles. The second-order valence-corrected chi connectivity index (χ2v) is 3.86. The SMILES string of the molecule is CN(c1ccccc1)c1cccc(B(O)O)c1. The van der Waals surface area contributed by atoms with Crippen LogP contribution in [0.2, 0.25) is 0 Å². The third-order valence-corrected chi connectivity index (χ3v) is 2.70. The summed E-state index contributed by atoms with van der Waals surface area (Å²) >= 11 is 0. The van der Waals surface area contributed by atoms with Crippen molar-refractivity contribution in [1.29, 1.82) is 0 Å². The second kappa shape index (κ2) is 5.04. The lowest BCUT2D eigenvalue weighted by Gasteiger charge is -2.20. The van der Waals surface area contributed by atoms with Gasteiger partial charge in [0, 0.05) is 18.4 Å². The van der Waals surface area contributed by atoms with E-state index in [0.717, 1.165) is 11.4 Å². The zero-order valence-corrected chi connectivity index (χ0v) is 9.62. The van der Waals surface area contributed by atoms with Crippen molar-refractivity contribution in [1.82, 2.24) is 0 Å². The van der Waals surface area contributed by atoms with Gasteiger partial charge in [0.2, 0.25) is 0 Å². The maximum atomic E-state index is 9.14. The Morgan fingerprint density at radius 1 is 0.882 bits per heavy atom. The van der Waals surface area contributed by atoms with Crippen LogP contribution in [-0.2, 0) is 0 Å².